The van der Waals surface area contributed by atoms with E-state index in [4.69, 9.17) is 4.42 Å². The molecular formula is C21H21N3O4. The summed E-state index contributed by atoms with van der Waals surface area (Å²) in [4.78, 5) is 30.8. The zero-order chi connectivity index (χ0) is 19.9. The minimum Gasteiger partial charge on any atom is -0.481 e. The Morgan fingerprint density at radius 3 is 2.46 bits per heavy atom. The molecule has 1 aliphatic carbocycles. The van der Waals surface area contributed by atoms with E-state index in [9.17, 15) is 14.7 Å². The average Bonchev–Trinajstić information content (AvgIpc) is 3.22. The van der Waals surface area contributed by atoms with E-state index in [2.05, 4.69) is 10.3 Å². The highest BCUT2D eigenvalue weighted by atomic mass is 16.4. The number of carboxylic acids is 1. The molecule has 0 aliphatic heterocycles. The van der Waals surface area contributed by atoms with Crippen LogP contribution in [0.2, 0.25) is 0 Å². The third kappa shape index (κ3) is 3.19. The number of carbonyl (C=O) groups excluding carboxylic acids is 1. The number of hydrogen-bond donors (Lipinski definition) is 2. The number of nitrogens with zero attached hydrogens (tertiary/aromatic N) is 2. The molecule has 0 fully saturated rings. The number of hydrogen-bond acceptors (Lipinski definition) is 5. The minimum absolute atomic E-state index is 0.0865. The predicted molar refractivity (Wildman–Crippen MR) is 106 cm³/mol. The summed E-state index contributed by atoms with van der Waals surface area (Å²) in [5.74, 6) is -1.27. The second kappa shape index (κ2) is 6.67. The maximum Gasteiger partial charge on any atom is 0.310 e. The highest BCUT2D eigenvalue weighted by Gasteiger charge is 2.45. The zero-order valence-electron chi connectivity index (χ0n) is 15.7. The van der Waals surface area contributed by atoms with Crippen molar-refractivity contribution in [3.8, 4) is 0 Å². The summed E-state index contributed by atoms with van der Waals surface area (Å²) in [5.41, 5.74) is 2.70. The topological polar surface area (TPSA) is 95.7 Å². The Morgan fingerprint density at radius 1 is 1.18 bits per heavy atom. The molecule has 7 heteroatoms. The molecule has 1 aromatic heterocycles. The molecule has 0 spiro atoms. The molecule has 2 N–H and O–H groups in total. The molecule has 0 atom stereocenters. The molecule has 0 bridgehead atoms. The lowest BCUT2D eigenvalue weighted by molar-refractivity contribution is -0.150. The molecule has 3 aromatic rings. The Balaban J connectivity index is 1.52. The van der Waals surface area contributed by atoms with Gasteiger partial charge in [-0.2, -0.15) is 4.98 Å². The van der Waals surface area contributed by atoms with Gasteiger partial charge < -0.3 is 19.7 Å². The smallest absolute Gasteiger partial charge is 0.310 e. The normalized spacial score (nSPS) is 14.6. The molecule has 0 saturated carbocycles. The number of aromatic nitrogens is 1. The fourth-order valence-electron chi connectivity index (χ4n) is 3.74. The van der Waals surface area contributed by atoms with Crippen LogP contribution in [0.5, 0.6) is 0 Å². The van der Waals surface area contributed by atoms with Gasteiger partial charge in [0.25, 0.3) is 6.01 Å². The number of carboxylic acid groups (broad SMARTS) is 1. The van der Waals surface area contributed by atoms with Crippen LogP contribution >= 0.6 is 0 Å². The van der Waals surface area contributed by atoms with Gasteiger partial charge in [-0.3, -0.25) is 9.59 Å². The summed E-state index contributed by atoms with van der Waals surface area (Å²) in [6, 6.07) is 13.3. The summed E-state index contributed by atoms with van der Waals surface area (Å²) >= 11 is 0. The molecule has 4 rings (SSSR count). The van der Waals surface area contributed by atoms with Crippen molar-refractivity contribution in [2.24, 2.45) is 5.41 Å². The first-order valence-electron chi connectivity index (χ1n) is 9.04. The van der Waals surface area contributed by atoms with Crippen molar-refractivity contribution in [1.82, 2.24) is 4.98 Å². The number of nitrogens with one attached hydrogen (secondary N) is 1. The van der Waals surface area contributed by atoms with Crippen LogP contribution in [0.3, 0.4) is 0 Å². The first-order valence-corrected chi connectivity index (χ1v) is 9.04. The van der Waals surface area contributed by atoms with Crippen LogP contribution in [0.15, 0.2) is 46.9 Å². The van der Waals surface area contributed by atoms with E-state index in [-0.39, 0.29) is 12.3 Å². The average molecular weight is 379 g/mol. The van der Waals surface area contributed by atoms with Crippen LogP contribution in [0.1, 0.15) is 17.5 Å². The van der Waals surface area contributed by atoms with Gasteiger partial charge in [0.15, 0.2) is 5.58 Å². The molecule has 144 valence electrons. The van der Waals surface area contributed by atoms with Gasteiger partial charge in [0, 0.05) is 26.2 Å². The van der Waals surface area contributed by atoms with Crippen LogP contribution in [0.4, 0.5) is 11.7 Å². The number of aliphatic carboxylic acids is 1. The van der Waals surface area contributed by atoms with E-state index >= 15 is 0 Å². The number of amides is 1. The summed E-state index contributed by atoms with van der Waals surface area (Å²) in [7, 11) is 3.66. The summed E-state index contributed by atoms with van der Waals surface area (Å²) < 4.78 is 5.60. The van der Waals surface area contributed by atoms with Crippen LogP contribution in [0.25, 0.3) is 11.1 Å². The molecule has 2 aromatic carbocycles. The van der Waals surface area contributed by atoms with E-state index in [0.717, 1.165) is 11.1 Å². The van der Waals surface area contributed by atoms with Crippen LogP contribution in [-0.4, -0.2) is 36.1 Å². The van der Waals surface area contributed by atoms with Crippen molar-refractivity contribution in [2.75, 3.05) is 24.3 Å². The van der Waals surface area contributed by atoms with E-state index in [1.807, 2.05) is 38.4 Å². The minimum atomic E-state index is -1.11. The highest BCUT2D eigenvalue weighted by molar-refractivity contribution is 5.96. The summed E-state index contributed by atoms with van der Waals surface area (Å²) in [6.07, 6.45) is 0.637. The van der Waals surface area contributed by atoms with Gasteiger partial charge in [0.05, 0.1) is 5.41 Å². The zero-order valence-corrected chi connectivity index (χ0v) is 15.7. The number of rotatable bonds is 5. The lowest BCUT2D eigenvalue weighted by Crippen LogP contribution is -2.36. The Hall–Kier alpha value is -3.35. The SMILES string of the molecule is CN(C)c1nc2cc(NC(=O)CC3(C(=O)O)Cc4ccccc4C3)ccc2o1. The standard InChI is InChI=1S/C21H21N3O4/c1-24(2)20-23-16-9-15(7-8-17(16)28-20)22-18(25)12-21(19(26)27)10-13-5-3-4-6-14(13)11-21/h3-9H,10-12H2,1-2H3,(H,22,25)(H,26,27). The van der Waals surface area contributed by atoms with Crippen molar-refractivity contribution in [1.29, 1.82) is 0 Å². The number of anilines is 2. The van der Waals surface area contributed by atoms with Gasteiger partial charge in [-0.25, -0.2) is 0 Å². The fourth-order valence-corrected chi connectivity index (χ4v) is 3.74. The molecule has 0 unspecified atom stereocenters. The Labute approximate surface area is 162 Å². The molecule has 1 aliphatic rings. The van der Waals surface area contributed by atoms with Gasteiger partial charge in [-0.15, -0.1) is 0 Å². The number of carbonyl (C=O) groups is 2. The Bertz CT molecular complexity index is 1050. The number of benzene rings is 2. The van der Waals surface area contributed by atoms with Crippen molar-refractivity contribution >= 4 is 34.7 Å². The molecular weight excluding hydrogens is 358 g/mol. The van der Waals surface area contributed by atoms with Crippen molar-refractivity contribution < 1.29 is 19.1 Å². The predicted octanol–water partition coefficient (Wildman–Crippen LogP) is 3.09. The first-order chi connectivity index (χ1) is 13.4. The van der Waals surface area contributed by atoms with Crippen molar-refractivity contribution in [3.63, 3.8) is 0 Å². The fraction of sp³-hybridized carbons (Fsp3) is 0.286. The van der Waals surface area contributed by atoms with Gasteiger partial charge in [-0.1, -0.05) is 24.3 Å². The third-order valence-electron chi connectivity index (χ3n) is 5.17. The highest BCUT2D eigenvalue weighted by Crippen LogP contribution is 2.40. The largest absolute Gasteiger partial charge is 0.481 e. The third-order valence-corrected chi connectivity index (χ3v) is 5.17. The van der Waals surface area contributed by atoms with Crippen molar-refractivity contribution in [2.45, 2.75) is 19.3 Å². The van der Waals surface area contributed by atoms with E-state index in [0.29, 0.717) is 35.6 Å². The van der Waals surface area contributed by atoms with E-state index in [1.165, 1.54) is 0 Å². The number of oxazole rings is 1. The lowest BCUT2D eigenvalue weighted by atomic mass is 9.81. The second-order valence-corrected chi connectivity index (χ2v) is 7.51. The summed E-state index contributed by atoms with van der Waals surface area (Å²) in [6.45, 7) is 0. The van der Waals surface area contributed by atoms with Crippen molar-refractivity contribution in [3.05, 3.63) is 53.6 Å². The molecule has 1 heterocycles. The van der Waals surface area contributed by atoms with Crippen LogP contribution in [-0.2, 0) is 22.4 Å². The Morgan fingerprint density at radius 2 is 1.86 bits per heavy atom. The monoisotopic (exact) mass is 379 g/mol. The maximum absolute atomic E-state index is 12.7. The second-order valence-electron chi connectivity index (χ2n) is 7.51. The van der Waals surface area contributed by atoms with E-state index < -0.39 is 11.4 Å². The molecule has 0 radical (unpaired) electrons. The van der Waals surface area contributed by atoms with E-state index in [1.54, 1.807) is 23.1 Å². The molecule has 1 amide bonds. The van der Waals surface area contributed by atoms with Gasteiger partial charge in [0.1, 0.15) is 5.52 Å². The lowest BCUT2D eigenvalue weighted by Gasteiger charge is -2.23. The quantitative estimate of drug-likeness (QED) is 0.707. The first kappa shape index (κ1) is 18.0. The Kier molecular flexibility index (Phi) is 4.30. The molecule has 28 heavy (non-hydrogen) atoms. The number of fused-ring (bicyclic) bond motifs is 2. The van der Waals surface area contributed by atoms with Gasteiger partial charge >= 0.3 is 5.97 Å². The van der Waals surface area contributed by atoms with Crippen LogP contribution < -0.4 is 10.2 Å². The molecule has 7 nitrogen and oxygen atoms in total. The molecule has 0 saturated heterocycles. The summed E-state index contributed by atoms with van der Waals surface area (Å²) in [5, 5.41) is 12.6. The maximum atomic E-state index is 12.7. The van der Waals surface area contributed by atoms with Gasteiger partial charge in [-0.05, 0) is 42.2 Å². The van der Waals surface area contributed by atoms with Gasteiger partial charge in [0.2, 0.25) is 5.91 Å². The van der Waals surface area contributed by atoms with Crippen LogP contribution in [0, 0.1) is 5.41 Å².